The van der Waals surface area contributed by atoms with E-state index in [0.29, 0.717) is 0 Å². The molecule has 19 heteroatoms. The Morgan fingerprint density at radius 1 is 0.721 bits per heavy atom. The van der Waals surface area contributed by atoms with E-state index in [1.165, 1.54) is 6.92 Å². The van der Waals surface area contributed by atoms with Crippen LogP contribution in [0.2, 0.25) is 0 Å². The molecule has 0 aromatic carbocycles. The van der Waals surface area contributed by atoms with Gasteiger partial charge in [0.2, 0.25) is 0 Å². The summed E-state index contributed by atoms with van der Waals surface area (Å²) in [7, 11) is 0. The second-order valence-electron chi connectivity index (χ2n) is 10.5. The summed E-state index contributed by atoms with van der Waals surface area (Å²) in [5.74, 6) is -12.4. The zero-order chi connectivity index (χ0) is 33.4. The summed E-state index contributed by atoms with van der Waals surface area (Å²) in [6.45, 7) is -1.33. The number of ether oxygens (including phenoxy) is 2. The fourth-order valence-corrected chi connectivity index (χ4v) is 4.77. The number of carbonyl (C=O) groups excluding carboxylic acids is 2. The van der Waals surface area contributed by atoms with Crippen molar-refractivity contribution in [1.82, 2.24) is 0 Å². The standard InChI is InChI=1S/C12H20O10.C12H20O9/c13-3-5(15)1-6-7(16)2-12(21,11(19)20)22-10(6)9(18)8(17)4-14;1-5(14)2-6-7(15)3-12(20,11(18)19)21-10(6)9(17)8(16)4-13/h6-10,13-14,16-18,21H,1-4H2,(H,19,20);6-10,13,15-17,20H,2-4H2,1H3,(H,18,19)/t2*6-,7-,8-,9-,10?,12-/m11/s1. The minimum Gasteiger partial charge on any atom is -0.477 e. The van der Waals surface area contributed by atoms with Crippen molar-refractivity contribution < 1.29 is 95.0 Å². The molecule has 0 spiro atoms. The second-order valence-corrected chi connectivity index (χ2v) is 10.5. The summed E-state index contributed by atoms with van der Waals surface area (Å²) in [5, 5.41) is 123. The van der Waals surface area contributed by atoms with Crippen molar-refractivity contribution in [2.24, 2.45) is 11.8 Å². The van der Waals surface area contributed by atoms with Gasteiger partial charge in [-0.3, -0.25) is 4.79 Å². The van der Waals surface area contributed by atoms with Crippen molar-refractivity contribution in [1.29, 1.82) is 0 Å². The molecule has 0 radical (unpaired) electrons. The van der Waals surface area contributed by atoms with Crippen molar-refractivity contribution in [3.8, 4) is 0 Å². The van der Waals surface area contributed by atoms with Crippen molar-refractivity contribution in [3.05, 3.63) is 0 Å². The van der Waals surface area contributed by atoms with E-state index in [-0.39, 0.29) is 12.2 Å². The van der Waals surface area contributed by atoms with Crippen LogP contribution >= 0.6 is 0 Å². The van der Waals surface area contributed by atoms with E-state index < -0.39 is 129 Å². The van der Waals surface area contributed by atoms with Gasteiger partial charge in [-0.2, -0.15) is 0 Å². The molecule has 2 heterocycles. The number of rotatable bonds is 13. The minimum absolute atomic E-state index is 0.239. The molecule has 0 bridgehead atoms. The zero-order valence-corrected chi connectivity index (χ0v) is 23.0. The number of Topliss-reactive ketones (excluding diaryl/α,β-unsaturated/α-hetero) is 2. The van der Waals surface area contributed by atoms with Crippen LogP contribution in [0.15, 0.2) is 0 Å². The molecule has 2 rings (SSSR count). The maximum atomic E-state index is 11.3. The Bertz CT molecular complexity index is 961. The lowest BCUT2D eigenvalue weighted by atomic mass is 9.80. The number of carboxylic acids is 2. The number of aliphatic hydroxyl groups excluding tert-OH is 9. The molecule has 0 saturated carbocycles. The highest BCUT2D eigenvalue weighted by atomic mass is 16.7. The summed E-state index contributed by atoms with van der Waals surface area (Å²) in [5.41, 5.74) is 0. The third-order valence-corrected chi connectivity index (χ3v) is 7.13. The molecular weight excluding hydrogens is 592 g/mol. The highest BCUT2D eigenvalue weighted by Gasteiger charge is 2.55. The van der Waals surface area contributed by atoms with Crippen LogP contribution in [-0.4, -0.2) is 170 Å². The first-order chi connectivity index (χ1) is 19.8. The molecule has 2 aliphatic heterocycles. The quantitative estimate of drug-likeness (QED) is 0.0897. The predicted octanol–water partition coefficient (Wildman–Crippen LogP) is -6.59. The van der Waals surface area contributed by atoms with Gasteiger partial charge in [0.05, 0.1) is 37.6 Å². The van der Waals surface area contributed by atoms with E-state index >= 15 is 0 Å². The molecule has 2 aliphatic rings. The molecule has 2 fully saturated rings. The summed E-state index contributed by atoms with van der Waals surface area (Å²) < 4.78 is 9.82. The maximum Gasteiger partial charge on any atom is 0.364 e. The molecule has 2 unspecified atom stereocenters. The van der Waals surface area contributed by atoms with Gasteiger partial charge < -0.3 is 80.7 Å². The van der Waals surface area contributed by atoms with Crippen LogP contribution in [0.1, 0.15) is 32.6 Å². The number of aliphatic carboxylic acids is 2. The average Bonchev–Trinajstić information content (AvgIpc) is 2.93. The van der Waals surface area contributed by atoms with E-state index in [2.05, 4.69) is 0 Å². The number of hydrogen-bond donors (Lipinski definition) is 13. The molecule has 19 nitrogen and oxygen atoms in total. The Kier molecular flexibility index (Phi) is 14.6. The molecule has 13 N–H and O–H groups in total. The monoisotopic (exact) mass is 632 g/mol. The highest BCUT2D eigenvalue weighted by molar-refractivity contribution is 5.80. The Labute approximate surface area is 243 Å². The van der Waals surface area contributed by atoms with Gasteiger partial charge >= 0.3 is 11.9 Å². The van der Waals surface area contributed by atoms with Gasteiger partial charge in [0.1, 0.15) is 36.8 Å². The van der Waals surface area contributed by atoms with Crippen molar-refractivity contribution in [3.63, 3.8) is 0 Å². The first kappa shape index (κ1) is 38.8. The predicted molar refractivity (Wildman–Crippen MR) is 133 cm³/mol. The van der Waals surface area contributed by atoms with Crippen molar-refractivity contribution in [2.75, 3.05) is 19.8 Å². The lowest BCUT2D eigenvalue weighted by molar-refractivity contribution is -0.304. The SMILES string of the molecule is CC(=O)C[C@H]1C([C@H](O)[C@H](O)CO)O[C@@](O)(C(=O)O)C[C@H]1O.O=C(CO)C[C@H]1C([C@H](O)[C@H](O)CO)O[C@@](O)(C(=O)O)C[C@H]1O. The van der Waals surface area contributed by atoms with Gasteiger partial charge in [-0.05, 0) is 6.92 Å². The van der Waals surface area contributed by atoms with Gasteiger partial charge in [-0.15, -0.1) is 0 Å². The Morgan fingerprint density at radius 2 is 1.07 bits per heavy atom. The summed E-state index contributed by atoms with van der Waals surface area (Å²) in [6.07, 6.45) is -15.3. The van der Waals surface area contributed by atoms with E-state index in [1.54, 1.807) is 0 Å². The van der Waals surface area contributed by atoms with Crippen LogP contribution in [0, 0.1) is 11.8 Å². The van der Waals surface area contributed by atoms with Gasteiger partial charge in [0.25, 0.3) is 11.6 Å². The molecule has 0 amide bonds. The van der Waals surface area contributed by atoms with E-state index in [0.717, 1.165) is 0 Å². The molecule has 0 aromatic heterocycles. The topological polar surface area (TPSA) is 350 Å². The van der Waals surface area contributed by atoms with E-state index in [9.17, 15) is 60.0 Å². The molecule has 2 saturated heterocycles. The number of carboxylic acid groups (broad SMARTS) is 2. The average molecular weight is 633 g/mol. The second kappa shape index (κ2) is 16.2. The minimum atomic E-state index is -2.81. The molecule has 12 atom stereocenters. The smallest absolute Gasteiger partial charge is 0.364 e. The van der Waals surface area contributed by atoms with Crippen molar-refractivity contribution in [2.45, 2.75) is 93.0 Å². The maximum absolute atomic E-state index is 11.3. The highest BCUT2D eigenvalue weighted by Crippen LogP contribution is 2.37. The zero-order valence-electron chi connectivity index (χ0n) is 23.0. The van der Waals surface area contributed by atoms with Gasteiger partial charge in [-0.1, -0.05) is 0 Å². The third-order valence-electron chi connectivity index (χ3n) is 7.13. The largest absolute Gasteiger partial charge is 0.477 e. The Morgan fingerprint density at radius 3 is 1.35 bits per heavy atom. The van der Waals surface area contributed by atoms with Crippen molar-refractivity contribution >= 4 is 23.5 Å². The fraction of sp³-hybridized carbons (Fsp3) is 0.833. The Hall–Kier alpha value is -2.24. The van der Waals surface area contributed by atoms with E-state index in [1.807, 2.05) is 0 Å². The van der Waals surface area contributed by atoms with Gasteiger partial charge in [0.15, 0.2) is 5.78 Å². The molecular formula is C24H40O19. The first-order valence-electron chi connectivity index (χ1n) is 13.0. The van der Waals surface area contributed by atoms with Gasteiger partial charge in [0, 0.05) is 37.5 Å². The third kappa shape index (κ3) is 9.88. The molecule has 0 aliphatic carbocycles. The van der Waals surface area contributed by atoms with E-state index in [4.69, 9.17) is 35.0 Å². The first-order valence-corrected chi connectivity index (χ1v) is 13.0. The lowest BCUT2D eigenvalue weighted by Crippen LogP contribution is -2.61. The van der Waals surface area contributed by atoms with Crippen LogP contribution in [-0.2, 0) is 28.7 Å². The Balaban J connectivity index is 0.000000430. The summed E-state index contributed by atoms with van der Waals surface area (Å²) in [4.78, 5) is 44.6. The summed E-state index contributed by atoms with van der Waals surface area (Å²) in [6, 6.07) is 0. The van der Waals surface area contributed by atoms with Crippen LogP contribution in [0.5, 0.6) is 0 Å². The number of aliphatic hydroxyl groups is 11. The fourth-order valence-electron chi connectivity index (χ4n) is 4.77. The number of carbonyl (C=O) groups is 4. The summed E-state index contributed by atoms with van der Waals surface area (Å²) >= 11 is 0. The lowest BCUT2D eigenvalue weighted by Gasteiger charge is -2.44. The van der Waals surface area contributed by atoms with Crippen LogP contribution < -0.4 is 0 Å². The normalized spacial score (nSPS) is 35.4. The number of hydrogen-bond acceptors (Lipinski definition) is 17. The van der Waals surface area contributed by atoms with Crippen LogP contribution in [0.25, 0.3) is 0 Å². The van der Waals surface area contributed by atoms with Gasteiger partial charge in [-0.25, -0.2) is 9.59 Å². The number of ketones is 2. The van der Waals surface area contributed by atoms with Crippen LogP contribution in [0.4, 0.5) is 0 Å². The molecule has 0 aromatic rings. The molecule has 43 heavy (non-hydrogen) atoms. The molecule has 250 valence electrons. The van der Waals surface area contributed by atoms with Crippen LogP contribution in [0.3, 0.4) is 0 Å².